The van der Waals surface area contributed by atoms with Crippen molar-refractivity contribution < 1.29 is 19.7 Å². The Bertz CT molecular complexity index is 2000. The van der Waals surface area contributed by atoms with Crippen molar-refractivity contribution in [3.63, 3.8) is 0 Å². The van der Waals surface area contributed by atoms with Gasteiger partial charge in [-0.2, -0.15) is 15.4 Å². The summed E-state index contributed by atoms with van der Waals surface area (Å²) in [4.78, 5) is 20.3. The van der Waals surface area contributed by atoms with Gasteiger partial charge in [0.25, 0.3) is 0 Å². The Morgan fingerprint density at radius 2 is 1.88 bits per heavy atom. The van der Waals surface area contributed by atoms with E-state index in [9.17, 15) is 15.0 Å². The van der Waals surface area contributed by atoms with Crippen LogP contribution < -0.4 is 5.73 Å². The van der Waals surface area contributed by atoms with E-state index in [1.807, 2.05) is 62.2 Å². The monoisotopic (exact) mass is 662 g/mol. The number of phenols is 1. The summed E-state index contributed by atoms with van der Waals surface area (Å²) in [6, 6.07) is 19.1. The summed E-state index contributed by atoms with van der Waals surface area (Å²) in [6.07, 6.45) is 8.05. The molecule has 3 aliphatic carbocycles. The molecule has 3 aliphatic rings. The second-order valence-electron chi connectivity index (χ2n) is 14.4. The van der Waals surface area contributed by atoms with Crippen molar-refractivity contribution in [2.24, 2.45) is 0 Å². The molecule has 49 heavy (non-hydrogen) atoms. The van der Waals surface area contributed by atoms with E-state index in [0.717, 1.165) is 47.9 Å². The van der Waals surface area contributed by atoms with E-state index in [1.54, 1.807) is 35.1 Å². The van der Waals surface area contributed by atoms with E-state index in [-0.39, 0.29) is 23.5 Å². The lowest BCUT2D eigenvalue weighted by molar-refractivity contribution is -0.0966. The lowest BCUT2D eigenvalue weighted by Crippen LogP contribution is -2.65. The molecule has 1 atom stereocenters. The van der Waals surface area contributed by atoms with Crippen LogP contribution in [0.25, 0.3) is 16.7 Å². The van der Waals surface area contributed by atoms with E-state index in [2.05, 4.69) is 37.6 Å². The summed E-state index contributed by atoms with van der Waals surface area (Å²) >= 11 is 0. The smallest absolute Gasteiger partial charge is 0.411 e. The van der Waals surface area contributed by atoms with Crippen LogP contribution in [0.4, 0.5) is 10.6 Å². The van der Waals surface area contributed by atoms with Crippen LogP contribution in [0.15, 0.2) is 79.1 Å². The molecule has 12 heteroatoms. The first kappa shape index (κ1) is 32.3. The quantitative estimate of drug-likeness (QED) is 0.166. The van der Waals surface area contributed by atoms with Crippen molar-refractivity contribution in [1.29, 1.82) is 0 Å². The minimum atomic E-state index is -0.715. The number of benzene rings is 2. The number of ether oxygens (including phenoxy) is 1. The maximum Gasteiger partial charge on any atom is 0.411 e. The van der Waals surface area contributed by atoms with Gasteiger partial charge >= 0.3 is 6.09 Å². The zero-order chi connectivity index (χ0) is 34.4. The lowest BCUT2D eigenvalue weighted by Gasteiger charge is -2.59. The summed E-state index contributed by atoms with van der Waals surface area (Å²) in [5.41, 5.74) is 9.75. The van der Waals surface area contributed by atoms with Gasteiger partial charge in [0, 0.05) is 34.8 Å². The number of phenolic OH excluding ortho intramolecular Hbond substituents is 1. The number of pyridine rings is 1. The molecule has 0 aliphatic heterocycles. The molecular weight excluding hydrogens is 620 g/mol. The predicted octanol–water partition coefficient (Wildman–Crippen LogP) is 5.57. The summed E-state index contributed by atoms with van der Waals surface area (Å²) in [5.74, 6) is 0.460. The van der Waals surface area contributed by atoms with Crippen molar-refractivity contribution in [3.8, 4) is 5.75 Å². The fraction of sp³-hybridized carbons (Fsp3) is 0.378. The Morgan fingerprint density at radius 3 is 2.59 bits per heavy atom. The number of carbonyl (C=O) groups is 1. The summed E-state index contributed by atoms with van der Waals surface area (Å²) in [6.45, 7) is 6.23. The number of hydrogen-bond acceptors (Lipinski definition) is 9. The molecule has 2 bridgehead atoms. The number of nitrogens with two attached hydrogens (primary N) is 1. The van der Waals surface area contributed by atoms with Crippen LogP contribution in [-0.4, -0.2) is 75.2 Å². The van der Waals surface area contributed by atoms with Gasteiger partial charge in [-0.1, -0.05) is 48.5 Å². The van der Waals surface area contributed by atoms with Crippen LogP contribution in [0.2, 0.25) is 0 Å². The first-order chi connectivity index (χ1) is 23.4. The molecule has 0 unspecified atom stereocenters. The highest BCUT2D eigenvalue weighted by molar-refractivity contribution is 5.93. The third-order valence-electron chi connectivity index (χ3n) is 10.1. The largest absolute Gasteiger partial charge is 0.508 e. The van der Waals surface area contributed by atoms with Gasteiger partial charge in [0.15, 0.2) is 0 Å². The van der Waals surface area contributed by atoms with Gasteiger partial charge in [-0.15, -0.1) is 5.10 Å². The van der Waals surface area contributed by atoms with Crippen LogP contribution in [0, 0.1) is 0 Å². The molecule has 5 N–H and O–H groups in total. The van der Waals surface area contributed by atoms with Gasteiger partial charge in [0.1, 0.15) is 22.7 Å². The number of nitrogens with one attached hydrogen (secondary N) is 1. The third kappa shape index (κ3) is 6.24. The molecule has 2 aromatic carbocycles. The predicted molar refractivity (Wildman–Crippen MR) is 185 cm³/mol. The van der Waals surface area contributed by atoms with Gasteiger partial charge in [0.2, 0.25) is 5.65 Å². The van der Waals surface area contributed by atoms with E-state index < -0.39 is 23.3 Å². The first-order valence-corrected chi connectivity index (χ1v) is 16.7. The van der Waals surface area contributed by atoms with E-state index >= 15 is 0 Å². The van der Waals surface area contributed by atoms with Crippen molar-refractivity contribution >= 4 is 28.6 Å². The highest BCUT2D eigenvalue weighted by atomic mass is 16.6. The number of amides is 1. The molecule has 3 heterocycles. The van der Waals surface area contributed by atoms with Crippen LogP contribution in [0.5, 0.6) is 5.75 Å². The number of hydrogen-bond donors (Lipinski definition) is 4. The Labute approximate surface area is 284 Å². The van der Waals surface area contributed by atoms with Gasteiger partial charge in [-0.3, -0.25) is 9.58 Å². The zero-order valence-electron chi connectivity index (χ0n) is 28.0. The van der Waals surface area contributed by atoms with Crippen LogP contribution in [-0.2, 0) is 16.7 Å². The molecule has 8 rings (SSSR count). The molecular formula is C37H42N8O4. The van der Waals surface area contributed by atoms with Crippen LogP contribution >= 0.6 is 0 Å². The number of H-pyrrole nitrogens is 1. The van der Waals surface area contributed by atoms with Gasteiger partial charge < -0.3 is 20.7 Å². The van der Waals surface area contributed by atoms with Crippen molar-refractivity contribution in [2.45, 2.75) is 82.1 Å². The van der Waals surface area contributed by atoms with E-state index in [0.29, 0.717) is 29.7 Å². The summed E-state index contributed by atoms with van der Waals surface area (Å²) in [7, 11) is 0. The number of anilines is 1. The van der Waals surface area contributed by atoms with E-state index in [4.69, 9.17) is 10.5 Å². The van der Waals surface area contributed by atoms with Gasteiger partial charge in [0.05, 0.1) is 18.8 Å². The van der Waals surface area contributed by atoms with E-state index in [1.165, 1.54) is 0 Å². The number of aliphatic hydroxyl groups excluding tert-OH is 1. The molecule has 0 saturated heterocycles. The Hall–Kier alpha value is -5.23. The van der Waals surface area contributed by atoms with Crippen molar-refractivity contribution in [3.05, 3.63) is 101 Å². The number of aromatic hydroxyl groups is 1. The molecule has 1 amide bonds. The molecule has 254 valence electrons. The topological polar surface area (TPSA) is 168 Å². The minimum absolute atomic E-state index is 0.185. The third-order valence-corrected chi connectivity index (χ3v) is 10.1. The maximum atomic E-state index is 14.1. The highest BCUT2D eigenvalue weighted by Crippen LogP contribution is 2.56. The van der Waals surface area contributed by atoms with Crippen molar-refractivity contribution in [2.75, 3.05) is 12.3 Å². The Kier molecular flexibility index (Phi) is 8.14. The average Bonchev–Trinajstić information content (AvgIpc) is 3.73. The second kappa shape index (κ2) is 12.3. The zero-order valence-corrected chi connectivity index (χ0v) is 28.0. The fourth-order valence-electron chi connectivity index (χ4n) is 7.72. The molecule has 0 spiro atoms. The molecule has 0 radical (unpaired) electrons. The van der Waals surface area contributed by atoms with Gasteiger partial charge in [-0.05, 0) is 87.8 Å². The van der Waals surface area contributed by atoms with Gasteiger partial charge in [-0.25, -0.2) is 9.78 Å². The number of aliphatic hydroxyl groups is 1. The minimum Gasteiger partial charge on any atom is -0.508 e. The summed E-state index contributed by atoms with van der Waals surface area (Å²) in [5, 5.41) is 37.6. The molecule has 5 aromatic rings. The number of nitrogen functional groups attached to an aromatic ring is 1. The Balaban J connectivity index is 1.28. The molecule has 12 nitrogen and oxygen atoms in total. The lowest BCUT2D eigenvalue weighted by atomic mass is 9.53. The first-order valence-electron chi connectivity index (χ1n) is 16.7. The second-order valence-corrected chi connectivity index (χ2v) is 14.4. The SMILES string of the molecule is CC(C)(C)OC(=O)N(C/C=C(\c1cnn(Cc2cccc(O)c2)c1)c1cc(N)nc2n[nH]nc12)C12CCC(c3ccccc3)(CC1)[C@H](O)C2. The number of rotatable bonds is 8. The summed E-state index contributed by atoms with van der Waals surface area (Å²) < 4.78 is 7.81. The normalized spacial score (nSPS) is 22.4. The van der Waals surface area contributed by atoms with Crippen molar-refractivity contribution in [1.82, 2.24) is 35.1 Å². The molecule has 3 fully saturated rings. The standard InChI is InChI=1S/C37H42N8O4/c1-35(2,3)49-34(48)45(36-13-15-37(16-14-36,30(47)20-36)26-9-5-4-6-10-26)17-12-28(29-19-31(38)40-33-32(29)41-43-42-33)25-21-39-44(23-25)22-24-8-7-11-27(46)18-24/h4-12,18-19,21,23,30,46-47H,13-17,20,22H2,1-3H3,(H3,38,40,41,42,43)/b28-12+/t30-,36?,37?/m1/s1. The number of aromatic amines is 1. The van der Waals surface area contributed by atoms with Crippen LogP contribution in [0.3, 0.4) is 0 Å². The molecule has 3 aromatic heterocycles. The number of fused-ring (bicyclic) bond motifs is 4. The maximum absolute atomic E-state index is 14.1. The Morgan fingerprint density at radius 1 is 1.10 bits per heavy atom. The number of carbonyl (C=O) groups excluding carboxylic acids is 1. The highest BCUT2D eigenvalue weighted by Gasteiger charge is 2.58. The fourth-order valence-corrected chi connectivity index (χ4v) is 7.72. The molecule has 3 saturated carbocycles. The number of nitrogens with zero attached hydrogens (tertiary/aromatic N) is 6. The van der Waals surface area contributed by atoms with Crippen LogP contribution in [0.1, 0.15) is 75.1 Å². The average molecular weight is 663 g/mol. The number of aromatic nitrogens is 6.